The van der Waals surface area contributed by atoms with Crippen LogP contribution in [0.5, 0.6) is 0 Å². The van der Waals surface area contributed by atoms with E-state index in [1.54, 1.807) is 16.8 Å². The molecule has 0 aliphatic heterocycles. The zero-order valence-electron chi connectivity index (χ0n) is 16.6. The predicted molar refractivity (Wildman–Crippen MR) is 112 cm³/mol. The van der Waals surface area contributed by atoms with Crippen molar-refractivity contribution in [2.45, 2.75) is 40.0 Å². The highest BCUT2D eigenvalue weighted by Gasteiger charge is 2.16. The van der Waals surface area contributed by atoms with Crippen LogP contribution in [0.15, 0.2) is 18.2 Å². The minimum atomic E-state index is -0.432. The lowest BCUT2D eigenvalue weighted by molar-refractivity contribution is 0.254. The highest BCUT2D eigenvalue weighted by molar-refractivity contribution is 6.29. The number of nitrogens with one attached hydrogen (secondary N) is 3. The van der Waals surface area contributed by atoms with Gasteiger partial charge in [0.25, 0.3) is 0 Å². The Morgan fingerprint density at radius 3 is 2.68 bits per heavy atom. The molecule has 148 valence electrons. The average Bonchev–Trinajstić information content (AvgIpc) is 2.92. The number of urea groups is 1. The Hall–Kier alpha value is -2.87. The molecule has 0 saturated carbocycles. The lowest BCUT2D eigenvalue weighted by Crippen LogP contribution is -2.34. The summed E-state index contributed by atoms with van der Waals surface area (Å²) in [6.45, 7) is 8.17. The maximum Gasteiger partial charge on any atom is 0.337 e. The molecule has 8 nitrogen and oxygen atoms in total. The second-order valence-corrected chi connectivity index (χ2v) is 7.27. The molecule has 3 N–H and O–H groups in total. The Morgan fingerprint density at radius 2 is 2.00 bits per heavy atom. The van der Waals surface area contributed by atoms with Gasteiger partial charge in [0.1, 0.15) is 11.0 Å². The fraction of sp³-hybridized carbons (Fsp3) is 0.368. The van der Waals surface area contributed by atoms with Crippen LogP contribution in [0, 0.1) is 6.92 Å². The number of carbonyl (C=O) groups excluding carboxylic acids is 1. The van der Waals surface area contributed by atoms with Crippen LogP contribution in [-0.2, 0) is 13.5 Å². The molecule has 28 heavy (non-hydrogen) atoms. The van der Waals surface area contributed by atoms with Gasteiger partial charge in [-0.05, 0) is 43.0 Å². The summed E-state index contributed by atoms with van der Waals surface area (Å²) in [7, 11) is 1.86. The van der Waals surface area contributed by atoms with E-state index in [0.717, 1.165) is 34.4 Å². The molecule has 0 unspecified atom stereocenters. The summed E-state index contributed by atoms with van der Waals surface area (Å²) in [5, 5.41) is 8.58. The molecule has 0 fully saturated rings. The minimum Gasteiger partial charge on any atom is -0.306 e. The quantitative estimate of drug-likeness (QED) is 0.440. The van der Waals surface area contributed by atoms with Crippen molar-refractivity contribution in [2.75, 3.05) is 10.7 Å². The molecule has 3 aromatic heterocycles. The Kier molecular flexibility index (Phi) is 5.69. The summed E-state index contributed by atoms with van der Waals surface area (Å²) < 4.78 is 1.74. The summed E-state index contributed by atoms with van der Waals surface area (Å²) >= 11 is 5.99. The van der Waals surface area contributed by atoms with Gasteiger partial charge in [0, 0.05) is 23.8 Å². The third-order valence-corrected chi connectivity index (χ3v) is 4.59. The zero-order valence-corrected chi connectivity index (χ0v) is 17.3. The van der Waals surface area contributed by atoms with E-state index in [-0.39, 0.29) is 5.92 Å². The number of aromatic nitrogens is 4. The van der Waals surface area contributed by atoms with Gasteiger partial charge in [-0.2, -0.15) is 5.10 Å². The number of carbonyl (C=O) groups is 1. The molecule has 9 heteroatoms. The van der Waals surface area contributed by atoms with Crippen LogP contribution in [-0.4, -0.2) is 25.8 Å². The van der Waals surface area contributed by atoms with Crippen molar-refractivity contribution in [3.8, 4) is 0 Å². The molecular formula is C19H24ClN7O. The molecule has 2 amide bonds. The Bertz CT molecular complexity index is 1030. The molecule has 0 spiro atoms. The minimum absolute atomic E-state index is 0.286. The van der Waals surface area contributed by atoms with Gasteiger partial charge in [-0.1, -0.05) is 32.4 Å². The van der Waals surface area contributed by atoms with E-state index in [0.29, 0.717) is 16.7 Å². The molecule has 0 bridgehead atoms. The molecule has 0 saturated heterocycles. The second-order valence-electron chi connectivity index (χ2n) is 6.89. The number of amides is 2. The predicted octanol–water partition coefficient (Wildman–Crippen LogP) is 4.16. The molecule has 3 rings (SSSR count). The third kappa shape index (κ3) is 4.17. The van der Waals surface area contributed by atoms with E-state index in [1.165, 1.54) is 0 Å². The van der Waals surface area contributed by atoms with Crippen molar-refractivity contribution in [3.63, 3.8) is 0 Å². The number of aryl methyl sites for hydroxylation is 3. The fourth-order valence-corrected chi connectivity index (χ4v) is 3.31. The summed E-state index contributed by atoms with van der Waals surface area (Å²) in [6, 6.07) is 4.88. The average molecular weight is 402 g/mol. The van der Waals surface area contributed by atoms with Crippen LogP contribution in [0.3, 0.4) is 0 Å². The standard InChI is InChI=1S/C19H24ClN7O/c1-6-12-7-13(8-15(20)21-12)22-19(28)25-24-16-9-14(10(2)3)17-11(4)26-27(5)18(17)23-16/h7-10H,6H2,1-5H3,(H,23,24)(H2,21,22,25,28). The van der Waals surface area contributed by atoms with E-state index in [9.17, 15) is 4.79 Å². The van der Waals surface area contributed by atoms with Crippen LogP contribution in [0.1, 0.15) is 43.6 Å². The Balaban J connectivity index is 1.77. The van der Waals surface area contributed by atoms with Crippen LogP contribution >= 0.6 is 11.6 Å². The molecule has 0 aliphatic rings. The normalized spacial score (nSPS) is 11.1. The largest absolute Gasteiger partial charge is 0.337 e. The van der Waals surface area contributed by atoms with Gasteiger partial charge in [0.15, 0.2) is 5.65 Å². The molecule has 0 aliphatic carbocycles. The zero-order chi connectivity index (χ0) is 20.4. The SMILES string of the molecule is CCc1cc(NC(=O)NNc2cc(C(C)C)c3c(C)nn(C)c3n2)cc(Cl)n1. The number of nitrogens with zero attached hydrogens (tertiary/aromatic N) is 4. The lowest BCUT2D eigenvalue weighted by atomic mass is 10.00. The van der Waals surface area contributed by atoms with Crippen molar-refractivity contribution >= 4 is 40.2 Å². The van der Waals surface area contributed by atoms with E-state index in [2.05, 4.69) is 45.1 Å². The van der Waals surface area contributed by atoms with E-state index >= 15 is 0 Å². The molecular weight excluding hydrogens is 378 g/mol. The first-order valence-corrected chi connectivity index (χ1v) is 9.50. The van der Waals surface area contributed by atoms with Crippen LogP contribution in [0.4, 0.5) is 16.3 Å². The van der Waals surface area contributed by atoms with E-state index in [4.69, 9.17) is 11.6 Å². The number of anilines is 2. The van der Waals surface area contributed by atoms with E-state index < -0.39 is 6.03 Å². The maximum atomic E-state index is 12.3. The maximum absolute atomic E-state index is 12.3. The topological polar surface area (TPSA) is 96.8 Å². The van der Waals surface area contributed by atoms with Gasteiger partial charge in [0.05, 0.1) is 5.69 Å². The number of fused-ring (bicyclic) bond motifs is 1. The molecule has 0 radical (unpaired) electrons. The Morgan fingerprint density at radius 1 is 1.25 bits per heavy atom. The van der Waals surface area contributed by atoms with Crippen LogP contribution in [0.25, 0.3) is 11.0 Å². The first-order chi connectivity index (χ1) is 13.3. The number of rotatable bonds is 5. The summed E-state index contributed by atoms with van der Waals surface area (Å²) in [5.41, 5.74) is 9.67. The number of hydrogen-bond acceptors (Lipinski definition) is 5. The van der Waals surface area contributed by atoms with Gasteiger partial charge >= 0.3 is 6.03 Å². The summed E-state index contributed by atoms with van der Waals surface area (Å²) in [5.74, 6) is 0.825. The van der Waals surface area contributed by atoms with E-state index in [1.807, 2.05) is 27.0 Å². The van der Waals surface area contributed by atoms with Crippen LogP contribution < -0.4 is 16.2 Å². The summed E-state index contributed by atoms with van der Waals surface area (Å²) in [4.78, 5) is 21.0. The van der Waals surface area contributed by atoms with Gasteiger partial charge < -0.3 is 5.32 Å². The first kappa shape index (κ1) is 19.9. The van der Waals surface area contributed by atoms with Crippen molar-refractivity contribution < 1.29 is 4.79 Å². The van der Waals surface area contributed by atoms with Gasteiger partial charge in [0.2, 0.25) is 0 Å². The molecule has 3 heterocycles. The second kappa shape index (κ2) is 8.02. The van der Waals surface area contributed by atoms with Gasteiger partial charge in [-0.25, -0.2) is 14.8 Å². The number of hydrazine groups is 1. The highest BCUT2D eigenvalue weighted by Crippen LogP contribution is 2.29. The molecule has 3 aromatic rings. The van der Waals surface area contributed by atoms with Gasteiger partial charge in [-0.3, -0.25) is 15.5 Å². The lowest BCUT2D eigenvalue weighted by Gasteiger charge is -2.13. The van der Waals surface area contributed by atoms with Crippen molar-refractivity contribution in [1.29, 1.82) is 0 Å². The highest BCUT2D eigenvalue weighted by atomic mass is 35.5. The number of halogens is 1. The number of hydrogen-bond donors (Lipinski definition) is 3. The number of pyridine rings is 2. The third-order valence-electron chi connectivity index (χ3n) is 4.39. The fourth-order valence-electron chi connectivity index (χ4n) is 3.09. The monoisotopic (exact) mass is 401 g/mol. The Labute approximate surface area is 168 Å². The first-order valence-electron chi connectivity index (χ1n) is 9.12. The van der Waals surface area contributed by atoms with Crippen LogP contribution in [0.2, 0.25) is 5.15 Å². The summed E-state index contributed by atoms with van der Waals surface area (Å²) in [6.07, 6.45) is 0.723. The van der Waals surface area contributed by atoms with Crippen molar-refractivity contribution in [3.05, 3.63) is 40.3 Å². The van der Waals surface area contributed by atoms with Gasteiger partial charge in [-0.15, -0.1) is 0 Å². The van der Waals surface area contributed by atoms with Crippen molar-refractivity contribution in [2.24, 2.45) is 7.05 Å². The van der Waals surface area contributed by atoms with Crippen molar-refractivity contribution in [1.82, 2.24) is 25.2 Å². The molecule has 0 atom stereocenters. The molecule has 0 aromatic carbocycles. The smallest absolute Gasteiger partial charge is 0.306 e.